The lowest BCUT2D eigenvalue weighted by Crippen LogP contribution is -2.42. The molecule has 0 spiro atoms. The van der Waals surface area contributed by atoms with E-state index >= 15 is 0 Å². The third-order valence-electron chi connectivity index (χ3n) is 4.96. The second-order valence-electron chi connectivity index (χ2n) is 7.90. The maximum absolute atomic E-state index is 12.9. The smallest absolute Gasteiger partial charge is 0.338 e. The predicted molar refractivity (Wildman–Crippen MR) is 121 cm³/mol. The highest BCUT2D eigenvalue weighted by molar-refractivity contribution is 7.89. The van der Waals surface area contributed by atoms with Crippen molar-refractivity contribution in [3.05, 3.63) is 52.1 Å². The van der Waals surface area contributed by atoms with Crippen LogP contribution < -0.4 is 5.32 Å². The van der Waals surface area contributed by atoms with Gasteiger partial charge >= 0.3 is 5.97 Å². The summed E-state index contributed by atoms with van der Waals surface area (Å²) in [6.07, 6.45) is 2.31. The number of sulfonamides is 1. The molecule has 1 fully saturated rings. The number of rotatable bonds is 6. The van der Waals surface area contributed by atoms with Crippen molar-refractivity contribution in [3.8, 4) is 0 Å². The number of piperidine rings is 1. The molecule has 1 aliphatic rings. The molecule has 0 bridgehead atoms. The molecule has 1 aliphatic heterocycles. The number of esters is 1. The van der Waals surface area contributed by atoms with Crippen molar-refractivity contribution in [2.45, 2.75) is 25.2 Å². The molecule has 8 nitrogen and oxygen atoms in total. The highest BCUT2D eigenvalue weighted by Gasteiger charge is 2.31. The molecule has 11 heteroatoms. The number of pyridine rings is 1. The van der Waals surface area contributed by atoms with Gasteiger partial charge < -0.3 is 10.1 Å². The summed E-state index contributed by atoms with van der Waals surface area (Å²) in [5.74, 6) is -0.742. The molecule has 1 aromatic heterocycles. The number of hydrogen-bond acceptors (Lipinski definition) is 6. The number of amides is 1. The van der Waals surface area contributed by atoms with Crippen LogP contribution in [-0.2, 0) is 19.6 Å². The summed E-state index contributed by atoms with van der Waals surface area (Å²) >= 11 is 11.7. The maximum Gasteiger partial charge on any atom is 0.338 e. The molecule has 172 valence electrons. The quantitative estimate of drug-likeness (QED) is 0.604. The van der Waals surface area contributed by atoms with Crippen molar-refractivity contribution >= 4 is 50.9 Å². The third-order valence-corrected chi connectivity index (χ3v) is 7.30. The van der Waals surface area contributed by atoms with E-state index < -0.39 is 28.5 Å². The summed E-state index contributed by atoms with van der Waals surface area (Å²) in [5, 5.41) is 2.87. The first-order chi connectivity index (χ1) is 15.1. The molecule has 1 amide bonds. The van der Waals surface area contributed by atoms with Gasteiger partial charge in [-0.3, -0.25) is 4.79 Å². The van der Waals surface area contributed by atoms with E-state index in [-0.39, 0.29) is 33.1 Å². The van der Waals surface area contributed by atoms with Gasteiger partial charge in [0.05, 0.1) is 20.5 Å². The Labute approximate surface area is 196 Å². The second kappa shape index (κ2) is 10.2. The minimum atomic E-state index is -3.65. The summed E-state index contributed by atoms with van der Waals surface area (Å²) in [5.41, 5.74) is 0.125. The van der Waals surface area contributed by atoms with Crippen LogP contribution in [0.3, 0.4) is 0 Å². The SMILES string of the molecule is C[C@H]1C[C@H](C)CN(S(=O)(=O)c2ccc(C(=O)OCC(=O)Nc3ncc(Cl)cc3Cl)cc2)C1. The van der Waals surface area contributed by atoms with Gasteiger partial charge in [0.25, 0.3) is 5.91 Å². The summed E-state index contributed by atoms with van der Waals surface area (Å²) in [6.45, 7) is 4.44. The van der Waals surface area contributed by atoms with E-state index in [1.807, 2.05) is 13.8 Å². The van der Waals surface area contributed by atoms with E-state index in [1.165, 1.54) is 40.8 Å². The van der Waals surface area contributed by atoms with Gasteiger partial charge in [0.1, 0.15) is 0 Å². The van der Waals surface area contributed by atoms with Crippen molar-refractivity contribution in [2.24, 2.45) is 11.8 Å². The number of carbonyl (C=O) groups is 2. The summed E-state index contributed by atoms with van der Waals surface area (Å²) in [7, 11) is -3.65. The van der Waals surface area contributed by atoms with Crippen LogP contribution in [0.15, 0.2) is 41.4 Å². The van der Waals surface area contributed by atoms with Gasteiger partial charge in [-0.2, -0.15) is 4.31 Å². The van der Waals surface area contributed by atoms with Gasteiger partial charge in [-0.25, -0.2) is 18.2 Å². The fraction of sp³-hybridized carbons (Fsp3) is 0.381. The van der Waals surface area contributed by atoms with Gasteiger partial charge in [0.2, 0.25) is 10.0 Å². The third kappa shape index (κ3) is 5.98. The molecule has 0 aliphatic carbocycles. The molecule has 0 unspecified atom stereocenters. The average Bonchev–Trinajstić information content (AvgIpc) is 2.73. The van der Waals surface area contributed by atoms with E-state index in [9.17, 15) is 18.0 Å². The zero-order chi connectivity index (χ0) is 23.5. The maximum atomic E-state index is 12.9. The molecule has 2 atom stereocenters. The molecule has 1 aromatic carbocycles. The van der Waals surface area contributed by atoms with Crippen LogP contribution in [0.2, 0.25) is 10.0 Å². The topological polar surface area (TPSA) is 106 Å². The molecule has 2 heterocycles. The van der Waals surface area contributed by atoms with Gasteiger partial charge in [-0.15, -0.1) is 0 Å². The first-order valence-electron chi connectivity index (χ1n) is 9.94. The van der Waals surface area contributed by atoms with Gasteiger partial charge in [-0.1, -0.05) is 37.0 Å². The molecule has 1 saturated heterocycles. The Morgan fingerprint density at radius 3 is 2.38 bits per heavy atom. The molecular weight excluding hydrogens is 477 g/mol. The number of nitrogens with one attached hydrogen (secondary N) is 1. The molecule has 0 saturated carbocycles. The summed E-state index contributed by atoms with van der Waals surface area (Å²) < 4.78 is 32.3. The van der Waals surface area contributed by atoms with E-state index in [0.29, 0.717) is 18.1 Å². The average molecular weight is 500 g/mol. The van der Waals surface area contributed by atoms with Crippen LogP contribution >= 0.6 is 23.2 Å². The van der Waals surface area contributed by atoms with Crippen molar-refractivity contribution in [1.82, 2.24) is 9.29 Å². The van der Waals surface area contributed by atoms with Gasteiger partial charge in [0.15, 0.2) is 12.4 Å². The van der Waals surface area contributed by atoms with E-state index in [1.54, 1.807) is 0 Å². The number of anilines is 1. The Morgan fingerprint density at radius 1 is 1.16 bits per heavy atom. The highest BCUT2D eigenvalue weighted by atomic mass is 35.5. The molecule has 1 N–H and O–H groups in total. The Kier molecular flexibility index (Phi) is 7.76. The Bertz CT molecular complexity index is 1100. The Morgan fingerprint density at radius 2 is 1.78 bits per heavy atom. The fourth-order valence-electron chi connectivity index (χ4n) is 3.60. The van der Waals surface area contributed by atoms with E-state index in [2.05, 4.69) is 10.3 Å². The van der Waals surface area contributed by atoms with Crippen molar-refractivity contribution in [2.75, 3.05) is 25.0 Å². The van der Waals surface area contributed by atoms with Crippen LogP contribution in [-0.4, -0.2) is 49.3 Å². The highest BCUT2D eigenvalue weighted by Crippen LogP contribution is 2.27. The summed E-state index contributed by atoms with van der Waals surface area (Å²) in [4.78, 5) is 28.2. The van der Waals surface area contributed by atoms with Crippen LogP contribution in [0.4, 0.5) is 5.82 Å². The minimum absolute atomic E-state index is 0.0908. The molecule has 3 rings (SSSR count). The van der Waals surface area contributed by atoms with Crippen LogP contribution in [0.5, 0.6) is 0 Å². The molecule has 0 radical (unpaired) electrons. The number of ether oxygens (including phenoxy) is 1. The van der Waals surface area contributed by atoms with Crippen molar-refractivity contribution < 1.29 is 22.7 Å². The first kappa shape index (κ1) is 24.4. The molecule has 32 heavy (non-hydrogen) atoms. The minimum Gasteiger partial charge on any atom is -0.452 e. The Balaban J connectivity index is 1.59. The number of aromatic nitrogens is 1. The number of halogens is 2. The molecular formula is C21H23Cl2N3O5S. The first-order valence-corrected chi connectivity index (χ1v) is 12.1. The number of benzene rings is 1. The lowest BCUT2D eigenvalue weighted by atomic mass is 9.94. The lowest BCUT2D eigenvalue weighted by molar-refractivity contribution is -0.119. The van der Waals surface area contributed by atoms with Crippen LogP contribution in [0.25, 0.3) is 0 Å². The van der Waals surface area contributed by atoms with E-state index in [4.69, 9.17) is 27.9 Å². The normalized spacial score (nSPS) is 19.4. The van der Waals surface area contributed by atoms with Crippen LogP contribution in [0.1, 0.15) is 30.6 Å². The number of hydrogen-bond donors (Lipinski definition) is 1. The summed E-state index contributed by atoms with van der Waals surface area (Å²) in [6, 6.07) is 6.88. The van der Waals surface area contributed by atoms with Crippen LogP contribution in [0, 0.1) is 11.8 Å². The predicted octanol–water partition coefficient (Wildman–Crippen LogP) is 3.85. The van der Waals surface area contributed by atoms with Gasteiger partial charge in [0, 0.05) is 19.3 Å². The second-order valence-corrected chi connectivity index (χ2v) is 10.7. The molecule has 2 aromatic rings. The zero-order valence-corrected chi connectivity index (χ0v) is 19.9. The number of carbonyl (C=O) groups excluding carboxylic acids is 2. The van der Waals surface area contributed by atoms with Crippen molar-refractivity contribution in [1.29, 1.82) is 0 Å². The largest absolute Gasteiger partial charge is 0.452 e. The monoisotopic (exact) mass is 499 g/mol. The number of nitrogens with zero attached hydrogens (tertiary/aromatic N) is 2. The lowest BCUT2D eigenvalue weighted by Gasteiger charge is -2.34. The van der Waals surface area contributed by atoms with Gasteiger partial charge in [-0.05, 0) is 48.6 Å². The zero-order valence-electron chi connectivity index (χ0n) is 17.5. The van der Waals surface area contributed by atoms with Crippen molar-refractivity contribution in [3.63, 3.8) is 0 Å². The standard InChI is InChI=1S/C21H23Cl2N3O5S/c1-13-7-14(2)11-26(10-13)32(29,30)17-5-3-15(4-6-17)21(28)31-12-19(27)25-20-18(23)8-16(22)9-24-20/h3-6,8-9,13-14H,7,10-12H2,1-2H3,(H,24,25,27)/t13-,14-/m0/s1. The fourth-order valence-corrected chi connectivity index (χ4v) is 5.71. The van der Waals surface area contributed by atoms with E-state index in [0.717, 1.165) is 6.42 Å². The Hall–Kier alpha value is -2.20.